The van der Waals surface area contributed by atoms with Gasteiger partial charge >= 0.3 is 6.18 Å². The Bertz CT molecular complexity index is 1240. The lowest BCUT2D eigenvalue weighted by Gasteiger charge is -2.18. The van der Waals surface area contributed by atoms with E-state index in [0.717, 1.165) is 22.5 Å². The lowest BCUT2D eigenvalue weighted by atomic mass is 10.0. The van der Waals surface area contributed by atoms with Gasteiger partial charge in [0.25, 0.3) is 0 Å². The summed E-state index contributed by atoms with van der Waals surface area (Å²) in [6.07, 6.45) is -2.66. The highest BCUT2D eigenvalue weighted by Gasteiger charge is 2.32. The van der Waals surface area contributed by atoms with Gasteiger partial charge in [-0.05, 0) is 29.8 Å². The summed E-state index contributed by atoms with van der Waals surface area (Å²) in [4.78, 5) is 8.64. The summed E-state index contributed by atoms with van der Waals surface area (Å²) in [6, 6.07) is 22.3. The highest BCUT2D eigenvalue weighted by atomic mass is 19.4. The molecule has 0 amide bonds. The van der Waals surface area contributed by atoms with E-state index in [1.807, 2.05) is 54.6 Å². The van der Waals surface area contributed by atoms with Crippen molar-refractivity contribution >= 4 is 16.7 Å². The van der Waals surface area contributed by atoms with Gasteiger partial charge in [-0.15, -0.1) is 0 Å². The number of aromatic nitrogens is 2. The molecule has 0 aliphatic rings. The van der Waals surface area contributed by atoms with Gasteiger partial charge in [0.05, 0.1) is 17.1 Å². The van der Waals surface area contributed by atoms with E-state index in [2.05, 4.69) is 27.1 Å². The molecule has 0 saturated carbocycles. The zero-order valence-corrected chi connectivity index (χ0v) is 16.4. The first-order chi connectivity index (χ1) is 15.0. The Hall–Kier alpha value is -3.85. The minimum Gasteiger partial charge on any atom is -0.362 e. The van der Waals surface area contributed by atoms with E-state index in [4.69, 9.17) is 0 Å². The molecule has 1 N–H and O–H groups in total. The van der Waals surface area contributed by atoms with Gasteiger partial charge in [0, 0.05) is 17.4 Å². The topological polar surface area (TPSA) is 37.8 Å². The van der Waals surface area contributed by atoms with Crippen LogP contribution in [-0.2, 0) is 6.18 Å². The number of fused-ring (bicyclic) bond motifs is 1. The molecule has 1 unspecified atom stereocenters. The number of benzene rings is 3. The fourth-order valence-electron chi connectivity index (χ4n) is 3.31. The third-order valence-corrected chi connectivity index (χ3v) is 4.82. The lowest BCUT2D eigenvalue weighted by Crippen LogP contribution is -2.12. The van der Waals surface area contributed by atoms with Crippen LogP contribution in [0.1, 0.15) is 29.2 Å². The van der Waals surface area contributed by atoms with Crippen LogP contribution in [0.4, 0.5) is 19.0 Å². The number of nitrogens with one attached hydrogen (secondary N) is 1. The third kappa shape index (κ3) is 4.84. The van der Waals surface area contributed by atoms with Gasteiger partial charge in [0.2, 0.25) is 0 Å². The van der Waals surface area contributed by atoms with Crippen molar-refractivity contribution in [3.05, 3.63) is 102 Å². The van der Waals surface area contributed by atoms with E-state index < -0.39 is 11.7 Å². The van der Waals surface area contributed by atoms with Crippen LogP contribution in [0.15, 0.2) is 85.2 Å². The molecule has 0 spiro atoms. The zero-order valence-electron chi connectivity index (χ0n) is 16.4. The summed E-state index contributed by atoms with van der Waals surface area (Å²) >= 11 is 0. The summed E-state index contributed by atoms with van der Waals surface area (Å²) in [7, 11) is 0. The van der Waals surface area contributed by atoms with E-state index in [1.54, 1.807) is 6.07 Å². The Balaban J connectivity index is 1.65. The molecule has 1 aromatic heterocycles. The first-order valence-electron chi connectivity index (χ1n) is 9.69. The van der Waals surface area contributed by atoms with Crippen LogP contribution < -0.4 is 5.32 Å². The summed E-state index contributed by atoms with van der Waals surface area (Å²) in [6.45, 7) is 0. The molecule has 4 aromatic rings. The molecule has 0 fully saturated rings. The number of hydrogen-bond acceptors (Lipinski definition) is 3. The fourth-order valence-corrected chi connectivity index (χ4v) is 3.31. The van der Waals surface area contributed by atoms with E-state index in [0.29, 0.717) is 12.2 Å². The van der Waals surface area contributed by atoms with Crippen LogP contribution in [0.3, 0.4) is 0 Å². The first-order valence-corrected chi connectivity index (χ1v) is 9.69. The second-order valence-corrected chi connectivity index (χ2v) is 6.90. The molecule has 0 aliphatic heterocycles. The normalized spacial score (nSPS) is 12.1. The number of hydrogen-bond donors (Lipinski definition) is 1. The molecule has 4 rings (SSSR count). The molecule has 0 aliphatic carbocycles. The Kier molecular flexibility index (Phi) is 5.85. The second-order valence-electron chi connectivity index (χ2n) is 6.90. The number of anilines is 1. The first kappa shape index (κ1) is 20.4. The van der Waals surface area contributed by atoms with Crippen molar-refractivity contribution in [3.8, 4) is 11.8 Å². The Morgan fingerprint density at radius 3 is 2.35 bits per heavy atom. The van der Waals surface area contributed by atoms with Crippen LogP contribution in [0.25, 0.3) is 10.9 Å². The predicted molar refractivity (Wildman–Crippen MR) is 115 cm³/mol. The van der Waals surface area contributed by atoms with Crippen molar-refractivity contribution in [1.82, 2.24) is 9.97 Å². The summed E-state index contributed by atoms with van der Waals surface area (Å²) < 4.78 is 39.7. The van der Waals surface area contributed by atoms with Crippen LogP contribution in [0, 0.1) is 11.8 Å². The molecule has 0 radical (unpaired) electrons. The van der Waals surface area contributed by atoms with Crippen LogP contribution in [0.2, 0.25) is 0 Å². The molecular formula is C25H18F3N3. The maximum Gasteiger partial charge on any atom is 0.417 e. The van der Waals surface area contributed by atoms with Gasteiger partial charge in [0.15, 0.2) is 0 Å². The fraction of sp³-hybridized carbons (Fsp3) is 0.120. The van der Waals surface area contributed by atoms with Gasteiger partial charge in [-0.25, -0.2) is 9.97 Å². The number of para-hydroxylation sites is 1. The molecule has 1 atom stereocenters. The molecule has 0 saturated heterocycles. The van der Waals surface area contributed by atoms with E-state index in [9.17, 15) is 13.2 Å². The van der Waals surface area contributed by atoms with Crippen LogP contribution in [0.5, 0.6) is 0 Å². The molecule has 1 heterocycles. The Morgan fingerprint density at radius 1 is 0.839 bits per heavy atom. The number of rotatable bonds is 4. The maximum absolute atomic E-state index is 13.2. The highest BCUT2D eigenvalue weighted by molar-refractivity contribution is 5.88. The van der Waals surface area contributed by atoms with E-state index in [-0.39, 0.29) is 11.6 Å². The monoisotopic (exact) mass is 417 g/mol. The SMILES string of the molecule is FC(F)(F)c1ccccc1C#CCC(Nc1ncnc2ccccc12)c1ccccc1. The standard InChI is InChI=1S/C25H18F3N3/c26-25(27,28)21-14-6-4-9-18(21)12-8-16-22(19-10-2-1-3-11-19)31-24-20-13-5-7-15-23(20)29-17-30-24/h1-7,9-11,13-15,17,22H,16H2,(H,29,30,31). The molecule has 3 aromatic carbocycles. The quantitative estimate of drug-likeness (QED) is 0.399. The molecular weight excluding hydrogens is 399 g/mol. The molecule has 0 bridgehead atoms. The van der Waals surface area contributed by atoms with Crippen molar-refractivity contribution < 1.29 is 13.2 Å². The van der Waals surface area contributed by atoms with Crippen molar-refractivity contribution in [1.29, 1.82) is 0 Å². The van der Waals surface area contributed by atoms with Crippen molar-refractivity contribution in [2.24, 2.45) is 0 Å². The van der Waals surface area contributed by atoms with E-state index in [1.165, 1.54) is 18.5 Å². The Labute approximate surface area is 178 Å². The number of alkyl halides is 3. The summed E-state index contributed by atoms with van der Waals surface area (Å²) in [5, 5.41) is 4.26. The predicted octanol–water partition coefficient (Wildman–Crippen LogP) is 6.24. The Morgan fingerprint density at radius 2 is 1.55 bits per heavy atom. The minimum absolute atomic E-state index is 0.0331. The van der Waals surface area contributed by atoms with Gasteiger partial charge in [-0.1, -0.05) is 66.4 Å². The molecule has 6 heteroatoms. The van der Waals surface area contributed by atoms with Crippen molar-refractivity contribution in [3.63, 3.8) is 0 Å². The summed E-state index contributed by atoms with van der Waals surface area (Å²) in [5.74, 6) is 6.28. The molecule has 3 nitrogen and oxygen atoms in total. The number of nitrogens with zero attached hydrogens (tertiary/aromatic N) is 2. The molecule has 31 heavy (non-hydrogen) atoms. The second kappa shape index (κ2) is 8.88. The van der Waals surface area contributed by atoms with Gasteiger partial charge in [0.1, 0.15) is 12.1 Å². The zero-order chi connectivity index (χ0) is 21.7. The van der Waals surface area contributed by atoms with E-state index >= 15 is 0 Å². The number of halogens is 3. The van der Waals surface area contributed by atoms with Crippen LogP contribution in [-0.4, -0.2) is 9.97 Å². The average Bonchev–Trinajstić information content (AvgIpc) is 2.79. The maximum atomic E-state index is 13.2. The lowest BCUT2D eigenvalue weighted by molar-refractivity contribution is -0.137. The van der Waals surface area contributed by atoms with Gasteiger partial charge in [-0.2, -0.15) is 13.2 Å². The van der Waals surface area contributed by atoms with Gasteiger partial charge < -0.3 is 5.32 Å². The van der Waals surface area contributed by atoms with Gasteiger partial charge in [-0.3, -0.25) is 0 Å². The minimum atomic E-state index is -4.44. The third-order valence-electron chi connectivity index (χ3n) is 4.82. The average molecular weight is 417 g/mol. The van der Waals surface area contributed by atoms with Crippen molar-refractivity contribution in [2.45, 2.75) is 18.6 Å². The van der Waals surface area contributed by atoms with Crippen molar-refractivity contribution in [2.75, 3.05) is 5.32 Å². The highest BCUT2D eigenvalue weighted by Crippen LogP contribution is 2.31. The largest absolute Gasteiger partial charge is 0.417 e. The smallest absolute Gasteiger partial charge is 0.362 e. The summed E-state index contributed by atoms with van der Waals surface area (Å²) in [5.41, 5.74) is 1.00. The molecule has 154 valence electrons. The van der Waals surface area contributed by atoms with Crippen LogP contribution >= 0.6 is 0 Å².